The number of thioether (sulfide) groups is 1. The quantitative estimate of drug-likeness (QED) is 0.219. The number of thiazole rings is 1. The standard InChI is InChI=1S/C25H29N5O5S2/c1-2-35-15-14-29-21-9-8-20(30(33)34)16-22(21)37-25(29)26-23(31)17-36-18-24(32)28-12-10-27(11-13-28)19-6-4-3-5-7-19/h3-9,16H,2,10-15,17-18H2,1H3. The number of carbonyl (C=O) groups excluding carboxylic acids is 2. The number of piperazine rings is 1. The molecule has 12 heteroatoms. The first kappa shape index (κ1) is 26.8. The van der Waals surface area contributed by atoms with Crippen molar-refractivity contribution in [3.63, 3.8) is 0 Å². The van der Waals surface area contributed by atoms with Crippen molar-refractivity contribution in [1.29, 1.82) is 0 Å². The number of ether oxygens (including phenoxy) is 1. The van der Waals surface area contributed by atoms with Gasteiger partial charge in [-0.2, -0.15) is 4.99 Å². The van der Waals surface area contributed by atoms with Gasteiger partial charge >= 0.3 is 0 Å². The Kier molecular flexibility index (Phi) is 9.31. The molecule has 0 unspecified atom stereocenters. The summed E-state index contributed by atoms with van der Waals surface area (Å²) in [5, 5.41) is 11.2. The predicted molar refractivity (Wildman–Crippen MR) is 146 cm³/mol. The average Bonchev–Trinajstić information content (AvgIpc) is 3.25. The molecule has 0 bridgehead atoms. The third-order valence-corrected chi connectivity index (χ3v) is 7.91. The molecule has 0 spiro atoms. The van der Waals surface area contributed by atoms with Crippen LogP contribution in [0.15, 0.2) is 53.5 Å². The van der Waals surface area contributed by atoms with Crippen LogP contribution in [-0.4, -0.2) is 77.1 Å². The van der Waals surface area contributed by atoms with Gasteiger partial charge in [-0.15, -0.1) is 11.8 Å². The number of hydrogen-bond donors (Lipinski definition) is 0. The van der Waals surface area contributed by atoms with E-state index >= 15 is 0 Å². The molecular formula is C25H29N5O5S2. The topological polar surface area (TPSA) is 110 Å². The number of benzene rings is 2. The molecule has 2 aromatic carbocycles. The van der Waals surface area contributed by atoms with Crippen molar-refractivity contribution in [2.45, 2.75) is 13.5 Å². The first-order valence-corrected chi connectivity index (χ1v) is 14.0. The third-order valence-electron chi connectivity index (χ3n) is 5.97. The van der Waals surface area contributed by atoms with Crippen molar-refractivity contribution < 1.29 is 19.2 Å². The molecule has 0 aliphatic carbocycles. The molecule has 10 nitrogen and oxygen atoms in total. The molecule has 0 radical (unpaired) electrons. The second-order valence-corrected chi connectivity index (χ2v) is 10.3. The van der Waals surface area contributed by atoms with Crippen LogP contribution in [0.5, 0.6) is 0 Å². The summed E-state index contributed by atoms with van der Waals surface area (Å²) < 4.78 is 7.98. The summed E-state index contributed by atoms with van der Waals surface area (Å²) in [7, 11) is 0. The number of nitrogens with zero attached hydrogens (tertiary/aromatic N) is 5. The highest BCUT2D eigenvalue weighted by Crippen LogP contribution is 2.23. The van der Waals surface area contributed by atoms with Crippen LogP contribution in [-0.2, 0) is 20.9 Å². The van der Waals surface area contributed by atoms with Crippen LogP contribution in [0.3, 0.4) is 0 Å². The molecule has 0 N–H and O–H groups in total. The lowest BCUT2D eigenvalue weighted by Gasteiger charge is -2.36. The summed E-state index contributed by atoms with van der Waals surface area (Å²) in [5.74, 6) is -0.0325. The highest BCUT2D eigenvalue weighted by molar-refractivity contribution is 8.00. The maximum absolute atomic E-state index is 12.7. The number of para-hydroxylation sites is 1. The Labute approximate surface area is 222 Å². The second kappa shape index (κ2) is 12.8. The van der Waals surface area contributed by atoms with Crippen molar-refractivity contribution in [2.24, 2.45) is 4.99 Å². The maximum Gasteiger partial charge on any atom is 0.270 e. The number of anilines is 1. The summed E-state index contributed by atoms with van der Waals surface area (Å²) in [6.45, 7) is 6.23. The highest BCUT2D eigenvalue weighted by atomic mass is 32.2. The van der Waals surface area contributed by atoms with Crippen LogP contribution in [0.1, 0.15) is 6.92 Å². The van der Waals surface area contributed by atoms with Crippen LogP contribution in [0.25, 0.3) is 10.2 Å². The van der Waals surface area contributed by atoms with E-state index in [1.54, 1.807) is 6.07 Å². The molecule has 37 heavy (non-hydrogen) atoms. The third kappa shape index (κ3) is 6.96. The first-order valence-electron chi connectivity index (χ1n) is 12.0. The van der Waals surface area contributed by atoms with E-state index in [1.165, 1.54) is 35.2 Å². The van der Waals surface area contributed by atoms with Gasteiger partial charge in [0, 0.05) is 57.2 Å². The van der Waals surface area contributed by atoms with Crippen LogP contribution < -0.4 is 9.70 Å². The normalized spacial score (nSPS) is 14.4. The summed E-state index contributed by atoms with van der Waals surface area (Å²) in [6, 6.07) is 14.8. The summed E-state index contributed by atoms with van der Waals surface area (Å²) in [6.07, 6.45) is 0. The SMILES string of the molecule is CCOCCn1c(=NC(=O)CSCC(=O)N2CCN(c3ccccc3)CC2)sc2cc([N+](=O)[O-])ccc21. The van der Waals surface area contributed by atoms with Crippen LogP contribution in [0.4, 0.5) is 11.4 Å². The van der Waals surface area contributed by atoms with E-state index in [0.29, 0.717) is 42.3 Å². The molecule has 1 aliphatic rings. The van der Waals surface area contributed by atoms with Crippen molar-refractivity contribution in [2.75, 3.05) is 55.8 Å². The molecule has 0 saturated carbocycles. The predicted octanol–water partition coefficient (Wildman–Crippen LogP) is 3.16. The number of hydrogen-bond acceptors (Lipinski definition) is 8. The molecule has 1 fully saturated rings. The smallest absolute Gasteiger partial charge is 0.270 e. The van der Waals surface area contributed by atoms with Gasteiger partial charge in [0.25, 0.3) is 11.6 Å². The van der Waals surface area contributed by atoms with Gasteiger partial charge in [-0.05, 0) is 25.1 Å². The maximum atomic E-state index is 12.7. The second-order valence-electron chi connectivity index (χ2n) is 8.34. The molecule has 196 valence electrons. The minimum Gasteiger partial charge on any atom is -0.380 e. The lowest BCUT2D eigenvalue weighted by molar-refractivity contribution is -0.384. The van der Waals surface area contributed by atoms with Gasteiger partial charge in [0.05, 0.1) is 33.3 Å². The van der Waals surface area contributed by atoms with Gasteiger partial charge in [-0.1, -0.05) is 29.5 Å². The van der Waals surface area contributed by atoms with Gasteiger partial charge in [0.2, 0.25) is 5.91 Å². The summed E-state index contributed by atoms with van der Waals surface area (Å²) in [4.78, 5) is 44.9. The Morgan fingerprint density at radius 2 is 1.86 bits per heavy atom. The first-order chi connectivity index (χ1) is 18.0. The van der Waals surface area contributed by atoms with Crippen LogP contribution in [0, 0.1) is 10.1 Å². The molecule has 0 atom stereocenters. The minimum atomic E-state index is -0.444. The molecule has 1 aliphatic heterocycles. The van der Waals surface area contributed by atoms with E-state index in [2.05, 4.69) is 22.0 Å². The number of nitro benzene ring substituents is 1. The van der Waals surface area contributed by atoms with Gasteiger partial charge in [-0.25, -0.2) is 0 Å². The Hall–Kier alpha value is -3.22. The zero-order valence-electron chi connectivity index (χ0n) is 20.6. The fourth-order valence-corrected chi connectivity index (χ4v) is 5.89. The van der Waals surface area contributed by atoms with E-state index < -0.39 is 4.92 Å². The van der Waals surface area contributed by atoms with Crippen LogP contribution in [0.2, 0.25) is 0 Å². The van der Waals surface area contributed by atoms with Crippen molar-refractivity contribution in [3.8, 4) is 0 Å². The number of non-ortho nitro benzene ring substituents is 1. The van der Waals surface area contributed by atoms with E-state index in [4.69, 9.17) is 4.74 Å². The molecule has 2 amide bonds. The lowest BCUT2D eigenvalue weighted by Crippen LogP contribution is -2.49. The van der Waals surface area contributed by atoms with Crippen LogP contribution >= 0.6 is 23.1 Å². The monoisotopic (exact) mass is 543 g/mol. The summed E-state index contributed by atoms with van der Waals surface area (Å²) in [5.41, 5.74) is 1.91. The number of amides is 2. The van der Waals surface area contributed by atoms with Crippen molar-refractivity contribution in [1.82, 2.24) is 9.47 Å². The zero-order valence-corrected chi connectivity index (χ0v) is 22.2. The molecular weight excluding hydrogens is 514 g/mol. The van der Waals surface area contributed by atoms with Crippen molar-refractivity contribution in [3.05, 3.63) is 63.4 Å². The highest BCUT2D eigenvalue weighted by Gasteiger charge is 2.21. The largest absolute Gasteiger partial charge is 0.380 e. The average molecular weight is 544 g/mol. The minimum absolute atomic E-state index is 0.0118. The van der Waals surface area contributed by atoms with Crippen molar-refractivity contribution >= 4 is 56.5 Å². The number of carbonyl (C=O) groups is 2. The lowest BCUT2D eigenvalue weighted by atomic mass is 10.2. The molecule has 4 rings (SSSR count). The van der Waals surface area contributed by atoms with Gasteiger partial charge < -0.3 is 19.1 Å². The fraction of sp³-hybridized carbons (Fsp3) is 0.400. The Morgan fingerprint density at radius 1 is 1.11 bits per heavy atom. The number of rotatable bonds is 10. The Morgan fingerprint density at radius 3 is 2.57 bits per heavy atom. The van der Waals surface area contributed by atoms with Gasteiger partial charge in [-0.3, -0.25) is 19.7 Å². The number of fused-ring (bicyclic) bond motifs is 1. The zero-order chi connectivity index (χ0) is 26.2. The van der Waals surface area contributed by atoms with Gasteiger partial charge in [0.15, 0.2) is 4.80 Å². The Bertz CT molecular complexity index is 1320. The van der Waals surface area contributed by atoms with E-state index in [0.717, 1.165) is 24.3 Å². The van der Waals surface area contributed by atoms with Gasteiger partial charge in [0.1, 0.15) is 0 Å². The molecule has 1 aromatic heterocycles. The van der Waals surface area contributed by atoms with E-state index in [-0.39, 0.29) is 29.0 Å². The number of nitro groups is 1. The Balaban J connectivity index is 1.35. The van der Waals surface area contributed by atoms with E-state index in [1.807, 2.05) is 34.6 Å². The molecule has 3 aromatic rings. The summed E-state index contributed by atoms with van der Waals surface area (Å²) >= 11 is 2.48. The van der Waals surface area contributed by atoms with E-state index in [9.17, 15) is 19.7 Å². The fourth-order valence-electron chi connectivity index (χ4n) is 4.09. The molecule has 2 heterocycles. The number of aromatic nitrogens is 1. The molecule has 1 saturated heterocycles.